The van der Waals surface area contributed by atoms with Crippen LogP contribution in [0.4, 0.5) is 0 Å². The number of nitrogens with zero attached hydrogens (tertiary/aromatic N) is 5. The number of methoxy groups -OCH3 is 1. The van der Waals surface area contributed by atoms with Gasteiger partial charge in [-0.2, -0.15) is 0 Å². The molecule has 0 fully saturated rings. The Balaban J connectivity index is 2.03. The van der Waals surface area contributed by atoms with E-state index in [9.17, 15) is 4.79 Å². The number of aromatic nitrogens is 3. The smallest absolute Gasteiger partial charge is 0.277 e. The molecule has 0 unspecified atom stereocenters. The number of amidine groups is 1. The van der Waals surface area contributed by atoms with Gasteiger partial charge in [-0.05, 0) is 49.3 Å². The van der Waals surface area contributed by atoms with Crippen LogP contribution in [0, 0.1) is 0 Å². The summed E-state index contributed by atoms with van der Waals surface area (Å²) in [7, 11) is 5.59. The predicted molar refractivity (Wildman–Crippen MR) is 135 cm³/mol. The third-order valence-corrected chi connectivity index (χ3v) is 5.14. The Morgan fingerprint density at radius 2 is 2.06 bits per heavy atom. The average molecular weight is 446 g/mol. The number of benzene rings is 1. The van der Waals surface area contributed by atoms with Gasteiger partial charge in [0.05, 0.1) is 30.4 Å². The normalized spacial score (nSPS) is 12.5. The zero-order chi connectivity index (χ0) is 23.8. The maximum atomic E-state index is 13.3. The minimum atomic E-state index is -0.175. The van der Waals surface area contributed by atoms with Crippen LogP contribution in [0.2, 0.25) is 0 Å². The zero-order valence-corrected chi connectivity index (χ0v) is 19.9. The van der Waals surface area contributed by atoms with Crippen molar-refractivity contribution in [1.82, 2.24) is 19.4 Å². The van der Waals surface area contributed by atoms with E-state index < -0.39 is 0 Å². The van der Waals surface area contributed by atoms with Gasteiger partial charge in [0.2, 0.25) is 0 Å². The Labute approximate surface area is 194 Å². The fourth-order valence-electron chi connectivity index (χ4n) is 3.35. The van der Waals surface area contributed by atoms with E-state index in [2.05, 4.69) is 21.9 Å². The van der Waals surface area contributed by atoms with Crippen LogP contribution in [0.1, 0.15) is 38.1 Å². The molecule has 0 spiro atoms. The van der Waals surface area contributed by atoms with Gasteiger partial charge in [0, 0.05) is 39.0 Å². The minimum Gasteiger partial charge on any atom is -0.497 e. The molecule has 0 atom stereocenters. The first-order chi connectivity index (χ1) is 15.9. The van der Waals surface area contributed by atoms with Gasteiger partial charge >= 0.3 is 0 Å². The van der Waals surface area contributed by atoms with Crippen LogP contribution in [-0.2, 0) is 6.54 Å². The number of pyridine rings is 1. The highest BCUT2D eigenvalue weighted by Crippen LogP contribution is 2.19. The van der Waals surface area contributed by atoms with Crippen molar-refractivity contribution >= 4 is 22.9 Å². The SMILES string of the molecule is CCCC(=N/C=C(C)/C=C/c1nc2cc(OC)ccc2n(Cc2ccccn2)c1=O)N(C)C. The van der Waals surface area contributed by atoms with Gasteiger partial charge in [0.25, 0.3) is 5.56 Å². The lowest BCUT2D eigenvalue weighted by atomic mass is 10.2. The lowest BCUT2D eigenvalue weighted by molar-refractivity contribution is 0.415. The van der Waals surface area contributed by atoms with E-state index in [4.69, 9.17) is 4.74 Å². The van der Waals surface area contributed by atoms with E-state index in [-0.39, 0.29) is 5.56 Å². The summed E-state index contributed by atoms with van der Waals surface area (Å²) in [5.74, 6) is 1.70. The molecule has 0 saturated heterocycles. The van der Waals surface area contributed by atoms with Crippen LogP contribution in [0.5, 0.6) is 5.75 Å². The molecule has 0 amide bonds. The van der Waals surface area contributed by atoms with E-state index in [1.807, 2.05) is 74.6 Å². The van der Waals surface area contributed by atoms with E-state index in [1.54, 1.807) is 23.9 Å². The second-order valence-corrected chi connectivity index (χ2v) is 7.96. The Morgan fingerprint density at radius 1 is 1.24 bits per heavy atom. The summed E-state index contributed by atoms with van der Waals surface area (Å²) in [5, 5.41) is 0. The lowest BCUT2D eigenvalue weighted by Gasteiger charge is -2.14. The number of hydrogen-bond donors (Lipinski definition) is 0. The third kappa shape index (κ3) is 6.16. The highest BCUT2D eigenvalue weighted by atomic mass is 16.5. The Hall–Kier alpha value is -3.74. The fraction of sp³-hybridized carbons (Fsp3) is 0.308. The van der Waals surface area contributed by atoms with E-state index in [1.165, 1.54) is 0 Å². The number of allylic oxidation sites excluding steroid dienone is 2. The molecule has 7 nitrogen and oxygen atoms in total. The number of ether oxygens (including phenoxy) is 1. The van der Waals surface area contributed by atoms with Crippen LogP contribution < -0.4 is 10.3 Å². The summed E-state index contributed by atoms with van der Waals surface area (Å²) in [4.78, 5) is 28.9. The maximum absolute atomic E-state index is 13.3. The van der Waals surface area contributed by atoms with Crippen LogP contribution in [0.3, 0.4) is 0 Å². The number of rotatable bonds is 8. The van der Waals surface area contributed by atoms with E-state index >= 15 is 0 Å². The first-order valence-electron chi connectivity index (χ1n) is 11.0. The van der Waals surface area contributed by atoms with Crippen molar-refractivity contribution in [3.05, 3.63) is 82.2 Å². The van der Waals surface area contributed by atoms with Crippen molar-refractivity contribution in [1.29, 1.82) is 0 Å². The number of fused-ring (bicyclic) bond motifs is 1. The molecule has 33 heavy (non-hydrogen) atoms. The van der Waals surface area contributed by atoms with Gasteiger partial charge < -0.3 is 9.64 Å². The molecule has 3 rings (SSSR count). The topological polar surface area (TPSA) is 72.6 Å². The Bertz CT molecular complexity index is 1240. The molecule has 2 aromatic heterocycles. The average Bonchev–Trinajstić information content (AvgIpc) is 2.82. The summed E-state index contributed by atoms with van der Waals surface area (Å²) < 4.78 is 7.06. The van der Waals surface area contributed by atoms with Crippen LogP contribution in [0.25, 0.3) is 17.1 Å². The molecule has 0 saturated carbocycles. The van der Waals surface area contributed by atoms with E-state index in [0.29, 0.717) is 23.5 Å². The minimum absolute atomic E-state index is 0.175. The Morgan fingerprint density at radius 3 is 2.73 bits per heavy atom. The van der Waals surface area contributed by atoms with Crippen molar-refractivity contribution < 1.29 is 4.74 Å². The number of hydrogen-bond acceptors (Lipinski definition) is 5. The molecule has 1 aromatic carbocycles. The highest BCUT2D eigenvalue weighted by Gasteiger charge is 2.11. The van der Waals surface area contributed by atoms with Gasteiger partial charge in [0.1, 0.15) is 17.3 Å². The second kappa shape index (κ2) is 11.2. The first-order valence-corrected chi connectivity index (χ1v) is 11.0. The van der Waals surface area contributed by atoms with E-state index in [0.717, 1.165) is 35.5 Å². The van der Waals surface area contributed by atoms with Crippen molar-refractivity contribution in [2.24, 2.45) is 4.99 Å². The summed E-state index contributed by atoms with van der Waals surface area (Å²) >= 11 is 0. The van der Waals surface area contributed by atoms with Gasteiger partial charge in [0.15, 0.2) is 0 Å². The maximum Gasteiger partial charge on any atom is 0.277 e. The van der Waals surface area contributed by atoms with Crippen LogP contribution >= 0.6 is 0 Å². The molecular weight excluding hydrogens is 414 g/mol. The van der Waals surface area contributed by atoms with Crippen molar-refractivity contribution in [3.8, 4) is 5.75 Å². The van der Waals surface area contributed by atoms with Crippen molar-refractivity contribution in [2.75, 3.05) is 21.2 Å². The van der Waals surface area contributed by atoms with Crippen molar-refractivity contribution in [3.63, 3.8) is 0 Å². The number of aliphatic imine (C=N–C) groups is 1. The predicted octanol–water partition coefficient (Wildman–Crippen LogP) is 4.53. The molecule has 7 heteroatoms. The fourth-order valence-corrected chi connectivity index (χ4v) is 3.35. The molecule has 172 valence electrons. The summed E-state index contributed by atoms with van der Waals surface area (Å²) in [6, 6.07) is 11.2. The molecule has 3 aromatic rings. The first kappa shape index (κ1) is 23.9. The molecular formula is C26H31N5O2. The lowest BCUT2D eigenvalue weighted by Crippen LogP contribution is -2.25. The largest absolute Gasteiger partial charge is 0.497 e. The van der Waals surface area contributed by atoms with Crippen molar-refractivity contribution in [2.45, 2.75) is 33.2 Å². The molecule has 0 bridgehead atoms. The van der Waals surface area contributed by atoms with Gasteiger partial charge in [-0.15, -0.1) is 0 Å². The van der Waals surface area contributed by atoms with Gasteiger partial charge in [-0.25, -0.2) is 9.98 Å². The van der Waals surface area contributed by atoms with Crippen LogP contribution in [-0.4, -0.2) is 46.5 Å². The third-order valence-electron chi connectivity index (χ3n) is 5.14. The monoisotopic (exact) mass is 445 g/mol. The van der Waals surface area contributed by atoms with Crippen LogP contribution in [0.15, 0.2) is 70.2 Å². The molecule has 0 aliphatic carbocycles. The van der Waals surface area contributed by atoms with Gasteiger partial charge in [-0.3, -0.25) is 14.3 Å². The zero-order valence-electron chi connectivity index (χ0n) is 19.9. The van der Waals surface area contributed by atoms with Gasteiger partial charge in [-0.1, -0.05) is 19.1 Å². The summed E-state index contributed by atoms with van der Waals surface area (Å²) in [6.45, 7) is 4.44. The Kier molecular flexibility index (Phi) is 8.13. The molecule has 0 N–H and O–H groups in total. The molecule has 2 heterocycles. The summed E-state index contributed by atoms with van der Waals surface area (Å²) in [6.07, 6.45) is 9.09. The molecule has 0 aliphatic rings. The molecule has 0 radical (unpaired) electrons. The standard InChI is InChI=1S/C26H31N5O2/c1-6-9-25(30(3)4)28-17-19(2)11-13-22-26(32)31(18-20-10-7-8-15-27-20)24-14-12-21(33-5)16-23(24)29-22/h7-8,10-17H,6,9,18H2,1-5H3/b13-11+,19-17+,28-25?. The molecule has 0 aliphatic heterocycles. The quantitative estimate of drug-likeness (QED) is 0.289. The summed E-state index contributed by atoms with van der Waals surface area (Å²) in [5.41, 5.74) is 3.32. The second-order valence-electron chi connectivity index (χ2n) is 7.96. The highest BCUT2D eigenvalue weighted by molar-refractivity contribution is 5.82.